The van der Waals surface area contributed by atoms with Gasteiger partial charge in [0.15, 0.2) is 0 Å². The molecule has 1 N–H and O–H groups in total. The molecule has 1 unspecified atom stereocenters. The molecular weight excluding hydrogens is 180 g/mol. The standard InChI is InChI=1S/C9H14N4O/c1-2-9-10-6-11-13(9)3-7(1)12-8-4-14-5-8/h6-8,12H,1-5H2. The van der Waals surface area contributed by atoms with E-state index in [2.05, 4.69) is 15.4 Å². The minimum atomic E-state index is 0.540. The molecule has 1 saturated heterocycles. The van der Waals surface area contributed by atoms with Crippen molar-refractivity contribution < 1.29 is 4.74 Å². The van der Waals surface area contributed by atoms with Crippen LogP contribution in [-0.2, 0) is 17.7 Å². The molecule has 0 aliphatic carbocycles. The van der Waals surface area contributed by atoms with Crippen LogP contribution in [0.3, 0.4) is 0 Å². The molecule has 3 rings (SSSR count). The molecule has 5 heteroatoms. The first-order chi connectivity index (χ1) is 6.92. The van der Waals surface area contributed by atoms with E-state index >= 15 is 0 Å². The quantitative estimate of drug-likeness (QED) is 0.695. The van der Waals surface area contributed by atoms with Crippen LogP contribution in [0.4, 0.5) is 0 Å². The van der Waals surface area contributed by atoms with Gasteiger partial charge in [0, 0.05) is 12.5 Å². The van der Waals surface area contributed by atoms with Crippen LogP contribution >= 0.6 is 0 Å². The minimum Gasteiger partial charge on any atom is -0.378 e. The summed E-state index contributed by atoms with van der Waals surface area (Å²) in [6, 6.07) is 1.10. The van der Waals surface area contributed by atoms with Gasteiger partial charge in [-0.05, 0) is 6.42 Å². The lowest BCUT2D eigenvalue weighted by atomic mass is 10.1. The first kappa shape index (κ1) is 8.38. The molecule has 1 aromatic heterocycles. The van der Waals surface area contributed by atoms with Crippen molar-refractivity contribution in [2.75, 3.05) is 13.2 Å². The highest BCUT2D eigenvalue weighted by Crippen LogP contribution is 2.13. The number of aryl methyl sites for hydroxylation is 1. The molecule has 5 nitrogen and oxygen atoms in total. The zero-order valence-electron chi connectivity index (χ0n) is 8.02. The summed E-state index contributed by atoms with van der Waals surface area (Å²) < 4.78 is 7.13. The SMILES string of the molecule is c1nc2n(n1)CC(NC1COC1)CC2. The van der Waals surface area contributed by atoms with E-state index in [4.69, 9.17) is 4.74 Å². The molecule has 1 aromatic rings. The van der Waals surface area contributed by atoms with Gasteiger partial charge in [0.25, 0.3) is 0 Å². The first-order valence-electron chi connectivity index (χ1n) is 5.12. The molecule has 14 heavy (non-hydrogen) atoms. The summed E-state index contributed by atoms with van der Waals surface area (Å²) in [5, 5.41) is 7.76. The van der Waals surface area contributed by atoms with Crippen molar-refractivity contribution in [2.24, 2.45) is 0 Å². The molecular formula is C9H14N4O. The van der Waals surface area contributed by atoms with Gasteiger partial charge in [0.1, 0.15) is 12.2 Å². The number of ether oxygens (including phenoxy) is 1. The van der Waals surface area contributed by atoms with Crippen molar-refractivity contribution in [3.05, 3.63) is 12.2 Å². The molecule has 0 radical (unpaired) electrons. The van der Waals surface area contributed by atoms with Gasteiger partial charge < -0.3 is 10.1 Å². The molecule has 0 saturated carbocycles. The number of nitrogens with one attached hydrogen (secondary N) is 1. The Morgan fingerprint density at radius 1 is 1.43 bits per heavy atom. The average Bonchev–Trinajstić information content (AvgIpc) is 2.58. The molecule has 0 spiro atoms. The summed E-state index contributed by atoms with van der Waals surface area (Å²) in [6.07, 6.45) is 3.84. The maximum atomic E-state index is 5.13. The van der Waals surface area contributed by atoms with Gasteiger partial charge in [-0.25, -0.2) is 9.67 Å². The van der Waals surface area contributed by atoms with E-state index in [9.17, 15) is 0 Å². The topological polar surface area (TPSA) is 52.0 Å². The summed E-state index contributed by atoms with van der Waals surface area (Å²) >= 11 is 0. The highest BCUT2D eigenvalue weighted by atomic mass is 16.5. The van der Waals surface area contributed by atoms with Crippen molar-refractivity contribution in [2.45, 2.75) is 31.5 Å². The monoisotopic (exact) mass is 194 g/mol. The maximum absolute atomic E-state index is 5.13. The summed E-state index contributed by atoms with van der Waals surface area (Å²) in [5.74, 6) is 1.12. The fraction of sp³-hybridized carbons (Fsp3) is 0.778. The molecule has 76 valence electrons. The second-order valence-electron chi connectivity index (χ2n) is 4.00. The lowest BCUT2D eigenvalue weighted by Gasteiger charge is -2.33. The van der Waals surface area contributed by atoms with Gasteiger partial charge in [-0.2, -0.15) is 5.10 Å². The second kappa shape index (κ2) is 3.33. The number of rotatable bonds is 2. The molecule has 2 aliphatic heterocycles. The minimum absolute atomic E-state index is 0.540. The summed E-state index contributed by atoms with van der Waals surface area (Å²) in [6.45, 7) is 2.67. The van der Waals surface area contributed by atoms with E-state index in [1.165, 1.54) is 0 Å². The summed E-state index contributed by atoms with van der Waals surface area (Å²) in [7, 11) is 0. The van der Waals surface area contributed by atoms with E-state index in [1.807, 2.05) is 4.68 Å². The fourth-order valence-electron chi connectivity index (χ4n) is 2.04. The van der Waals surface area contributed by atoms with E-state index < -0.39 is 0 Å². The van der Waals surface area contributed by atoms with E-state index in [1.54, 1.807) is 6.33 Å². The smallest absolute Gasteiger partial charge is 0.138 e. The van der Waals surface area contributed by atoms with Crippen LogP contribution in [0.1, 0.15) is 12.2 Å². The van der Waals surface area contributed by atoms with Gasteiger partial charge in [-0.1, -0.05) is 0 Å². The van der Waals surface area contributed by atoms with Crippen molar-refractivity contribution in [3.8, 4) is 0 Å². The van der Waals surface area contributed by atoms with Crippen LogP contribution in [0.15, 0.2) is 6.33 Å². The van der Waals surface area contributed by atoms with Crippen molar-refractivity contribution in [1.82, 2.24) is 20.1 Å². The Hall–Kier alpha value is -0.940. The van der Waals surface area contributed by atoms with Crippen LogP contribution in [-0.4, -0.2) is 40.1 Å². The van der Waals surface area contributed by atoms with Gasteiger partial charge in [-0.3, -0.25) is 0 Å². The normalized spacial score (nSPS) is 27.0. The number of hydrogen-bond acceptors (Lipinski definition) is 4. The average molecular weight is 194 g/mol. The fourth-order valence-corrected chi connectivity index (χ4v) is 2.04. The Morgan fingerprint density at radius 3 is 3.14 bits per heavy atom. The second-order valence-corrected chi connectivity index (χ2v) is 4.00. The van der Waals surface area contributed by atoms with Crippen LogP contribution in [0.2, 0.25) is 0 Å². The Labute approximate surface area is 82.5 Å². The van der Waals surface area contributed by atoms with Gasteiger partial charge in [-0.15, -0.1) is 0 Å². The Bertz CT molecular complexity index is 320. The van der Waals surface area contributed by atoms with E-state index in [0.717, 1.165) is 38.4 Å². The number of fused-ring (bicyclic) bond motifs is 1. The highest BCUT2D eigenvalue weighted by Gasteiger charge is 2.25. The lowest BCUT2D eigenvalue weighted by molar-refractivity contribution is -0.0121. The third-order valence-corrected chi connectivity index (χ3v) is 2.91. The van der Waals surface area contributed by atoms with Gasteiger partial charge >= 0.3 is 0 Å². The van der Waals surface area contributed by atoms with Crippen molar-refractivity contribution in [1.29, 1.82) is 0 Å². The van der Waals surface area contributed by atoms with E-state index in [-0.39, 0.29) is 0 Å². The Kier molecular flexibility index (Phi) is 1.99. The number of nitrogens with zero attached hydrogens (tertiary/aromatic N) is 3. The summed E-state index contributed by atoms with van der Waals surface area (Å²) in [4.78, 5) is 4.20. The van der Waals surface area contributed by atoms with Crippen LogP contribution in [0.25, 0.3) is 0 Å². The summed E-state index contributed by atoms with van der Waals surface area (Å²) in [5.41, 5.74) is 0. The molecule has 2 aliphatic rings. The molecule has 0 amide bonds. The third-order valence-electron chi connectivity index (χ3n) is 2.91. The lowest BCUT2D eigenvalue weighted by Crippen LogP contribution is -2.52. The molecule has 3 heterocycles. The zero-order valence-corrected chi connectivity index (χ0v) is 8.02. The zero-order chi connectivity index (χ0) is 9.38. The number of hydrogen-bond donors (Lipinski definition) is 1. The van der Waals surface area contributed by atoms with Gasteiger partial charge in [0.05, 0.1) is 25.8 Å². The highest BCUT2D eigenvalue weighted by molar-refractivity contribution is 4.93. The predicted octanol–water partition coefficient (Wildman–Crippen LogP) is -0.419. The molecule has 1 fully saturated rings. The van der Waals surface area contributed by atoms with Crippen LogP contribution < -0.4 is 5.32 Å². The van der Waals surface area contributed by atoms with Gasteiger partial charge in [0.2, 0.25) is 0 Å². The Morgan fingerprint density at radius 2 is 2.36 bits per heavy atom. The first-order valence-corrected chi connectivity index (χ1v) is 5.12. The molecule has 1 atom stereocenters. The van der Waals surface area contributed by atoms with E-state index in [0.29, 0.717) is 12.1 Å². The van der Waals surface area contributed by atoms with Crippen molar-refractivity contribution >= 4 is 0 Å². The number of aromatic nitrogens is 3. The van der Waals surface area contributed by atoms with Crippen LogP contribution in [0.5, 0.6) is 0 Å². The largest absolute Gasteiger partial charge is 0.378 e. The third kappa shape index (κ3) is 1.42. The maximum Gasteiger partial charge on any atom is 0.138 e. The predicted molar refractivity (Wildman–Crippen MR) is 49.9 cm³/mol. The van der Waals surface area contributed by atoms with Crippen LogP contribution in [0, 0.1) is 0 Å². The Balaban J connectivity index is 1.63. The molecule has 0 bridgehead atoms. The van der Waals surface area contributed by atoms with Crippen molar-refractivity contribution in [3.63, 3.8) is 0 Å². The molecule has 0 aromatic carbocycles.